The summed E-state index contributed by atoms with van der Waals surface area (Å²) in [6.45, 7) is 5.72. The molecule has 152 valence electrons. The smallest absolute Gasteiger partial charge is 0.407 e. The number of halogens is 2. The van der Waals surface area contributed by atoms with Gasteiger partial charge < -0.3 is 10.1 Å². The molecule has 1 aliphatic carbocycles. The molecular formula is C25H21F2NO2. The Kier molecular flexibility index (Phi) is 5.36. The van der Waals surface area contributed by atoms with E-state index < -0.39 is 23.8 Å². The van der Waals surface area contributed by atoms with Crippen LogP contribution in [0.15, 0.2) is 78.9 Å². The summed E-state index contributed by atoms with van der Waals surface area (Å²) in [6.07, 6.45) is -0.644. The van der Waals surface area contributed by atoms with E-state index in [1.165, 1.54) is 6.07 Å². The number of fused-ring (bicyclic) bond motifs is 3. The van der Waals surface area contributed by atoms with Gasteiger partial charge in [0.05, 0.1) is 6.04 Å². The molecule has 0 fully saturated rings. The number of benzene rings is 3. The molecular weight excluding hydrogens is 384 g/mol. The summed E-state index contributed by atoms with van der Waals surface area (Å²) in [4.78, 5) is 12.5. The van der Waals surface area contributed by atoms with Gasteiger partial charge in [0.2, 0.25) is 0 Å². The van der Waals surface area contributed by atoms with E-state index in [1.807, 2.05) is 36.4 Å². The molecule has 0 heterocycles. The maximum atomic E-state index is 13.6. The van der Waals surface area contributed by atoms with Crippen LogP contribution in [0.2, 0.25) is 0 Å². The summed E-state index contributed by atoms with van der Waals surface area (Å²) in [7, 11) is 0. The Morgan fingerprint density at radius 2 is 1.60 bits per heavy atom. The Balaban J connectivity index is 1.49. The van der Waals surface area contributed by atoms with E-state index in [9.17, 15) is 13.6 Å². The zero-order valence-corrected chi connectivity index (χ0v) is 16.5. The van der Waals surface area contributed by atoms with Crippen molar-refractivity contribution in [1.29, 1.82) is 0 Å². The van der Waals surface area contributed by atoms with Crippen LogP contribution in [0.5, 0.6) is 0 Å². The summed E-state index contributed by atoms with van der Waals surface area (Å²) >= 11 is 0. The monoisotopic (exact) mass is 405 g/mol. The molecule has 3 aromatic carbocycles. The largest absolute Gasteiger partial charge is 0.449 e. The lowest BCUT2D eigenvalue weighted by atomic mass is 9.98. The molecule has 1 N–H and O–H groups in total. The minimum atomic E-state index is -0.979. The molecule has 1 aliphatic rings. The van der Waals surface area contributed by atoms with Crippen LogP contribution in [0.4, 0.5) is 13.6 Å². The third-order valence-corrected chi connectivity index (χ3v) is 5.38. The van der Waals surface area contributed by atoms with Crippen molar-refractivity contribution in [3.63, 3.8) is 0 Å². The van der Waals surface area contributed by atoms with Crippen molar-refractivity contribution in [1.82, 2.24) is 5.32 Å². The number of hydrogen-bond donors (Lipinski definition) is 1. The van der Waals surface area contributed by atoms with Gasteiger partial charge in [-0.2, -0.15) is 0 Å². The van der Waals surface area contributed by atoms with Gasteiger partial charge in [-0.15, -0.1) is 0 Å². The highest BCUT2D eigenvalue weighted by atomic mass is 19.2. The molecule has 3 nitrogen and oxygen atoms in total. The first-order chi connectivity index (χ1) is 14.5. The van der Waals surface area contributed by atoms with E-state index in [4.69, 9.17) is 4.74 Å². The SMILES string of the molecule is C=C(C)C(NC(=O)OCC1c2ccccc2-c2ccccc21)c1ccc(F)c(F)c1. The topological polar surface area (TPSA) is 38.3 Å². The Bertz CT molecular complexity index is 1080. The highest BCUT2D eigenvalue weighted by Crippen LogP contribution is 2.44. The first-order valence-corrected chi connectivity index (χ1v) is 9.67. The quantitative estimate of drug-likeness (QED) is 0.519. The minimum Gasteiger partial charge on any atom is -0.449 e. The van der Waals surface area contributed by atoms with Crippen LogP contribution in [-0.4, -0.2) is 12.7 Å². The van der Waals surface area contributed by atoms with Crippen LogP contribution < -0.4 is 5.32 Å². The average molecular weight is 405 g/mol. The molecule has 1 atom stereocenters. The number of amides is 1. The molecule has 0 saturated heterocycles. The Hall–Kier alpha value is -3.47. The maximum Gasteiger partial charge on any atom is 0.407 e. The average Bonchev–Trinajstić information content (AvgIpc) is 3.06. The maximum absolute atomic E-state index is 13.6. The molecule has 1 unspecified atom stereocenters. The van der Waals surface area contributed by atoms with Gasteiger partial charge in [0.25, 0.3) is 0 Å². The highest BCUT2D eigenvalue weighted by molar-refractivity contribution is 5.79. The standard InChI is InChI=1S/C25H21F2NO2/c1-15(2)24(16-11-12-22(26)23(27)13-16)28-25(29)30-14-21-19-9-5-3-7-17(19)18-8-4-6-10-20(18)21/h3-13,21,24H,1,14H2,2H3,(H,28,29). The van der Waals surface area contributed by atoms with E-state index in [0.717, 1.165) is 34.4 Å². The Morgan fingerprint density at radius 3 is 2.17 bits per heavy atom. The number of nitrogens with one attached hydrogen (secondary N) is 1. The highest BCUT2D eigenvalue weighted by Gasteiger charge is 2.29. The van der Waals surface area contributed by atoms with Crippen molar-refractivity contribution in [2.45, 2.75) is 18.9 Å². The fourth-order valence-corrected chi connectivity index (χ4v) is 3.94. The number of rotatable bonds is 5. The summed E-state index contributed by atoms with van der Waals surface area (Å²) in [5.74, 6) is -1.98. The minimum absolute atomic E-state index is 0.0605. The first kappa shape index (κ1) is 19.8. The fraction of sp³-hybridized carbons (Fsp3) is 0.160. The number of alkyl carbamates (subject to hydrolysis) is 1. The second-order valence-corrected chi connectivity index (χ2v) is 7.42. The summed E-state index contributed by atoms with van der Waals surface area (Å²) in [5.41, 5.74) is 5.49. The van der Waals surface area contributed by atoms with Gasteiger partial charge in [0.15, 0.2) is 11.6 Å². The second kappa shape index (κ2) is 8.11. The molecule has 1 amide bonds. The van der Waals surface area contributed by atoms with Crippen LogP contribution >= 0.6 is 0 Å². The van der Waals surface area contributed by atoms with E-state index in [1.54, 1.807) is 6.92 Å². The van der Waals surface area contributed by atoms with E-state index in [-0.39, 0.29) is 12.5 Å². The first-order valence-electron chi connectivity index (χ1n) is 9.67. The number of carbonyl (C=O) groups excluding carboxylic acids is 1. The van der Waals surface area contributed by atoms with Gasteiger partial charge in [-0.1, -0.05) is 66.7 Å². The van der Waals surface area contributed by atoms with E-state index >= 15 is 0 Å². The lowest BCUT2D eigenvalue weighted by Crippen LogP contribution is -2.31. The Labute approximate surface area is 174 Å². The lowest BCUT2D eigenvalue weighted by molar-refractivity contribution is 0.140. The molecule has 3 aromatic rings. The molecule has 0 spiro atoms. The van der Waals surface area contributed by atoms with E-state index in [0.29, 0.717) is 11.1 Å². The zero-order valence-electron chi connectivity index (χ0n) is 16.5. The van der Waals surface area contributed by atoms with Gasteiger partial charge in [-0.05, 0) is 46.9 Å². The van der Waals surface area contributed by atoms with Gasteiger partial charge in [-0.3, -0.25) is 0 Å². The predicted octanol–water partition coefficient (Wildman–Crippen LogP) is 6.12. The van der Waals surface area contributed by atoms with Crippen LogP contribution in [0, 0.1) is 11.6 Å². The third-order valence-electron chi connectivity index (χ3n) is 5.38. The number of hydrogen-bond acceptors (Lipinski definition) is 2. The van der Waals surface area contributed by atoms with Gasteiger partial charge in [-0.25, -0.2) is 13.6 Å². The zero-order chi connectivity index (χ0) is 21.3. The van der Waals surface area contributed by atoms with Crippen molar-refractivity contribution < 1.29 is 18.3 Å². The van der Waals surface area contributed by atoms with Crippen molar-refractivity contribution in [3.05, 3.63) is 107 Å². The molecule has 0 bridgehead atoms. The molecule has 0 saturated carbocycles. The lowest BCUT2D eigenvalue weighted by Gasteiger charge is -2.21. The molecule has 0 aliphatic heterocycles. The van der Waals surface area contributed by atoms with Crippen molar-refractivity contribution in [3.8, 4) is 11.1 Å². The van der Waals surface area contributed by atoms with Gasteiger partial charge in [0.1, 0.15) is 6.61 Å². The van der Waals surface area contributed by atoms with Crippen LogP contribution in [0.3, 0.4) is 0 Å². The fourth-order valence-electron chi connectivity index (χ4n) is 3.94. The number of carbonyl (C=O) groups is 1. The van der Waals surface area contributed by atoms with E-state index in [2.05, 4.69) is 24.0 Å². The molecule has 0 radical (unpaired) electrons. The van der Waals surface area contributed by atoms with Crippen molar-refractivity contribution in [2.75, 3.05) is 6.61 Å². The number of ether oxygens (including phenoxy) is 1. The summed E-state index contributed by atoms with van der Waals surface area (Å²) in [6, 6.07) is 18.9. The second-order valence-electron chi connectivity index (χ2n) is 7.42. The summed E-state index contributed by atoms with van der Waals surface area (Å²) in [5, 5.41) is 2.70. The third kappa shape index (κ3) is 3.71. The normalized spacial score (nSPS) is 13.3. The molecule has 4 rings (SSSR count). The van der Waals surface area contributed by atoms with Crippen LogP contribution in [0.1, 0.15) is 35.6 Å². The predicted molar refractivity (Wildman–Crippen MR) is 112 cm³/mol. The molecule has 5 heteroatoms. The summed E-state index contributed by atoms with van der Waals surface area (Å²) < 4.78 is 32.4. The molecule has 30 heavy (non-hydrogen) atoms. The van der Waals surface area contributed by atoms with Crippen LogP contribution in [-0.2, 0) is 4.74 Å². The van der Waals surface area contributed by atoms with Gasteiger partial charge in [0, 0.05) is 5.92 Å². The van der Waals surface area contributed by atoms with Crippen molar-refractivity contribution in [2.24, 2.45) is 0 Å². The molecule has 0 aromatic heterocycles. The van der Waals surface area contributed by atoms with Crippen molar-refractivity contribution >= 4 is 6.09 Å². The van der Waals surface area contributed by atoms with Crippen LogP contribution in [0.25, 0.3) is 11.1 Å². The Morgan fingerprint density at radius 1 is 1.00 bits per heavy atom. The van der Waals surface area contributed by atoms with Gasteiger partial charge >= 0.3 is 6.09 Å².